The highest BCUT2D eigenvalue weighted by Gasteiger charge is 2.28. The third-order valence-corrected chi connectivity index (χ3v) is 6.03. The van der Waals surface area contributed by atoms with Crippen molar-refractivity contribution in [2.45, 2.75) is 25.2 Å². The Hall–Kier alpha value is -1.92. The normalized spacial score (nSPS) is 14.1. The van der Waals surface area contributed by atoms with Crippen molar-refractivity contribution >= 4 is 28.6 Å². The summed E-state index contributed by atoms with van der Waals surface area (Å²) in [6.45, 7) is 0.606. The first-order chi connectivity index (χ1) is 11.3. The zero-order valence-corrected chi connectivity index (χ0v) is 14.1. The van der Waals surface area contributed by atoms with E-state index in [0.717, 1.165) is 25.0 Å². The first kappa shape index (κ1) is 14.7. The van der Waals surface area contributed by atoms with Crippen LogP contribution in [0.15, 0.2) is 40.2 Å². The van der Waals surface area contributed by atoms with Gasteiger partial charge in [0.15, 0.2) is 5.69 Å². The van der Waals surface area contributed by atoms with Gasteiger partial charge in [-0.1, -0.05) is 11.2 Å². The molecule has 4 nitrogen and oxygen atoms in total. The Kier molecular flexibility index (Phi) is 4.01. The summed E-state index contributed by atoms with van der Waals surface area (Å²) in [7, 11) is 0. The molecule has 1 fully saturated rings. The molecule has 0 aliphatic heterocycles. The predicted octanol–water partition coefficient (Wildman–Crippen LogP) is 4.31. The molecule has 0 aromatic carbocycles. The van der Waals surface area contributed by atoms with Crippen LogP contribution in [0.1, 0.15) is 39.9 Å². The molecule has 0 atom stereocenters. The average Bonchev–Trinajstić information content (AvgIpc) is 3.03. The maximum absolute atomic E-state index is 12.1. The zero-order chi connectivity index (χ0) is 15.6. The Labute approximate surface area is 142 Å². The molecule has 1 aliphatic rings. The molecule has 0 radical (unpaired) electrons. The maximum Gasteiger partial charge on any atom is 0.273 e. The fourth-order valence-electron chi connectivity index (χ4n) is 2.41. The van der Waals surface area contributed by atoms with Gasteiger partial charge in [-0.15, -0.1) is 22.7 Å². The largest absolute Gasteiger partial charge is 0.360 e. The summed E-state index contributed by atoms with van der Waals surface area (Å²) in [5, 5.41) is 8.86. The quantitative estimate of drug-likeness (QED) is 0.725. The fraction of sp³-hybridized carbons (Fsp3) is 0.294. The molecular formula is C17H16N2O2S2. The Morgan fingerprint density at radius 3 is 3.00 bits per heavy atom. The summed E-state index contributed by atoms with van der Waals surface area (Å²) in [6, 6.07) is 10.2. The molecule has 3 heterocycles. The molecule has 23 heavy (non-hydrogen) atoms. The maximum atomic E-state index is 12.1. The smallest absolute Gasteiger partial charge is 0.273 e. The van der Waals surface area contributed by atoms with Crippen molar-refractivity contribution in [2.24, 2.45) is 0 Å². The van der Waals surface area contributed by atoms with Gasteiger partial charge in [-0.3, -0.25) is 4.79 Å². The highest BCUT2D eigenvalue weighted by molar-refractivity contribution is 7.21. The van der Waals surface area contributed by atoms with E-state index in [9.17, 15) is 4.79 Å². The minimum Gasteiger partial charge on any atom is -0.360 e. The van der Waals surface area contributed by atoms with Crippen LogP contribution in [0.2, 0.25) is 0 Å². The first-order valence-electron chi connectivity index (χ1n) is 7.67. The lowest BCUT2D eigenvalue weighted by Gasteiger charge is -2.00. The number of aromatic nitrogens is 1. The molecule has 0 bridgehead atoms. The second-order valence-electron chi connectivity index (χ2n) is 5.64. The lowest BCUT2D eigenvalue weighted by Crippen LogP contribution is -2.25. The van der Waals surface area contributed by atoms with E-state index in [1.165, 1.54) is 14.6 Å². The van der Waals surface area contributed by atoms with Crippen LogP contribution in [0.3, 0.4) is 0 Å². The Morgan fingerprint density at radius 1 is 1.30 bits per heavy atom. The second-order valence-corrected chi connectivity index (χ2v) is 7.75. The SMILES string of the molecule is O=C(NCCc1ccc(-c2cccs2)s1)c1cc(C2CC2)on1. The van der Waals surface area contributed by atoms with Gasteiger partial charge in [-0.25, -0.2) is 0 Å². The molecule has 0 unspecified atom stereocenters. The Morgan fingerprint density at radius 2 is 2.22 bits per heavy atom. The lowest BCUT2D eigenvalue weighted by atomic mass is 10.2. The van der Waals surface area contributed by atoms with Crippen LogP contribution in [-0.4, -0.2) is 17.6 Å². The van der Waals surface area contributed by atoms with E-state index in [2.05, 4.69) is 40.1 Å². The number of carbonyl (C=O) groups is 1. The van der Waals surface area contributed by atoms with Gasteiger partial charge in [0.25, 0.3) is 5.91 Å². The summed E-state index contributed by atoms with van der Waals surface area (Å²) in [4.78, 5) is 15.9. The van der Waals surface area contributed by atoms with Gasteiger partial charge in [0, 0.05) is 33.2 Å². The number of carbonyl (C=O) groups excluding carboxylic acids is 1. The van der Waals surface area contributed by atoms with Crippen LogP contribution in [0.5, 0.6) is 0 Å². The van der Waals surface area contributed by atoms with Crippen molar-refractivity contribution in [3.63, 3.8) is 0 Å². The predicted molar refractivity (Wildman–Crippen MR) is 92.1 cm³/mol. The highest BCUT2D eigenvalue weighted by atomic mass is 32.1. The number of hydrogen-bond donors (Lipinski definition) is 1. The number of nitrogens with zero attached hydrogens (tertiary/aromatic N) is 1. The van der Waals surface area contributed by atoms with Crippen LogP contribution in [0.25, 0.3) is 9.75 Å². The van der Waals surface area contributed by atoms with Gasteiger partial charge in [0.1, 0.15) is 5.76 Å². The van der Waals surface area contributed by atoms with Gasteiger partial charge in [0.2, 0.25) is 0 Å². The van der Waals surface area contributed by atoms with E-state index in [1.54, 1.807) is 28.7 Å². The van der Waals surface area contributed by atoms with Crippen molar-refractivity contribution in [3.05, 3.63) is 52.0 Å². The number of rotatable bonds is 6. The number of amides is 1. The highest BCUT2D eigenvalue weighted by Crippen LogP contribution is 2.40. The van der Waals surface area contributed by atoms with Crippen LogP contribution in [0, 0.1) is 0 Å². The van der Waals surface area contributed by atoms with Gasteiger partial charge in [0.05, 0.1) is 0 Å². The molecular weight excluding hydrogens is 328 g/mol. The molecule has 118 valence electrons. The minimum atomic E-state index is -0.157. The molecule has 1 N–H and O–H groups in total. The van der Waals surface area contributed by atoms with Gasteiger partial charge >= 0.3 is 0 Å². The van der Waals surface area contributed by atoms with Crippen molar-refractivity contribution in [3.8, 4) is 9.75 Å². The molecule has 1 amide bonds. The van der Waals surface area contributed by atoms with Crippen LogP contribution >= 0.6 is 22.7 Å². The second kappa shape index (κ2) is 6.29. The number of nitrogens with one attached hydrogen (secondary N) is 1. The van der Waals surface area contributed by atoms with Crippen molar-refractivity contribution in [2.75, 3.05) is 6.54 Å². The first-order valence-corrected chi connectivity index (χ1v) is 9.36. The average molecular weight is 344 g/mol. The van der Waals surface area contributed by atoms with Crippen molar-refractivity contribution in [1.29, 1.82) is 0 Å². The third-order valence-electron chi connectivity index (χ3n) is 3.82. The molecule has 4 rings (SSSR count). The summed E-state index contributed by atoms with van der Waals surface area (Å²) in [6.07, 6.45) is 3.11. The molecule has 3 aromatic rings. The zero-order valence-electron chi connectivity index (χ0n) is 12.5. The van der Waals surface area contributed by atoms with E-state index in [4.69, 9.17) is 4.52 Å². The van der Waals surface area contributed by atoms with Crippen molar-refractivity contribution in [1.82, 2.24) is 10.5 Å². The van der Waals surface area contributed by atoms with E-state index < -0.39 is 0 Å². The van der Waals surface area contributed by atoms with Gasteiger partial charge < -0.3 is 9.84 Å². The summed E-state index contributed by atoms with van der Waals surface area (Å²) >= 11 is 3.53. The lowest BCUT2D eigenvalue weighted by molar-refractivity contribution is 0.0945. The number of hydrogen-bond acceptors (Lipinski definition) is 5. The molecule has 0 saturated heterocycles. The molecule has 0 spiro atoms. The van der Waals surface area contributed by atoms with Crippen LogP contribution < -0.4 is 5.32 Å². The Bertz CT molecular complexity index is 800. The number of thiophene rings is 2. The third kappa shape index (κ3) is 3.38. The molecule has 1 aliphatic carbocycles. The van der Waals surface area contributed by atoms with Crippen LogP contribution in [-0.2, 0) is 6.42 Å². The van der Waals surface area contributed by atoms with E-state index >= 15 is 0 Å². The Balaban J connectivity index is 1.30. The molecule has 1 saturated carbocycles. The molecule has 6 heteroatoms. The molecule has 3 aromatic heterocycles. The summed E-state index contributed by atoms with van der Waals surface area (Å²) in [5.74, 6) is 1.16. The topological polar surface area (TPSA) is 55.1 Å². The fourth-order valence-corrected chi connectivity index (χ4v) is 4.25. The van der Waals surface area contributed by atoms with Gasteiger partial charge in [-0.2, -0.15) is 0 Å². The van der Waals surface area contributed by atoms with E-state index in [-0.39, 0.29) is 5.91 Å². The summed E-state index contributed by atoms with van der Waals surface area (Å²) < 4.78 is 5.21. The van der Waals surface area contributed by atoms with E-state index in [1.807, 2.05) is 0 Å². The monoisotopic (exact) mass is 344 g/mol. The minimum absolute atomic E-state index is 0.157. The van der Waals surface area contributed by atoms with Crippen molar-refractivity contribution < 1.29 is 9.32 Å². The standard InChI is InChI=1S/C17H16N2O2S2/c20-17(13-10-14(21-19-13)11-3-4-11)18-8-7-12-5-6-16(23-12)15-2-1-9-22-15/h1-2,5-6,9-11H,3-4,7-8H2,(H,18,20). The summed E-state index contributed by atoms with van der Waals surface area (Å²) in [5.41, 5.74) is 0.386. The van der Waals surface area contributed by atoms with Gasteiger partial charge in [-0.05, 0) is 42.8 Å². The van der Waals surface area contributed by atoms with Crippen LogP contribution in [0.4, 0.5) is 0 Å². The van der Waals surface area contributed by atoms with E-state index in [0.29, 0.717) is 18.2 Å².